The van der Waals surface area contributed by atoms with E-state index in [1.165, 1.54) is 51.4 Å². The molecule has 2 N–H and O–H groups in total. The molecule has 0 aliphatic heterocycles. The van der Waals surface area contributed by atoms with Crippen LogP contribution in [-0.2, 0) is 4.79 Å². The number of aliphatic carboxylic acids is 1. The van der Waals surface area contributed by atoms with E-state index in [9.17, 15) is 9.90 Å². The number of carboxylic acids is 1. The van der Waals surface area contributed by atoms with Crippen molar-refractivity contribution in [3.8, 4) is 0 Å². The van der Waals surface area contributed by atoms with E-state index in [-0.39, 0.29) is 12.5 Å². The van der Waals surface area contributed by atoms with Crippen molar-refractivity contribution in [2.24, 2.45) is 40.9 Å². The highest BCUT2D eigenvalue weighted by atomic mass is 16.4. The van der Waals surface area contributed by atoms with Crippen molar-refractivity contribution in [1.29, 1.82) is 0 Å². The van der Waals surface area contributed by atoms with Crippen molar-refractivity contribution in [1.82, 2.24) is 0 Å². The molecule has 0 heterocycles. The summed E-state index contributed by atoms with van der Waals surface area (Å²) in [5.41, 5.74) is 0.568. The van der Waals surface area contributed by atoms with Gasteiger partial charge in [-0.15, -0.1) is 0 Å². The zero-order valence-corrected chi connectivity index (χ0v) is 15.8. The van der Waals surface area contributed by atoms with Gasteiger partial charge in [0.15, 0.2) is 0 Å². The van der Waals surface area contributed by atoms with Crippen molar-refractivity contribution in [3.63, 3.8) is 0 Å². The number of carboxylic acid groups (broad SMARTS) is 1. The highest BCUT2D eigenvalue weighted by molar-refractivity contribution is 5.66. The van der Waals surface area contributed by atoms with E-state index in [2.05, 4.69) is 6.92 Å². The van der Waals surface area contributed by atoms with Crippen molar-refractivity contribution in [3.05, 3.63) is 0 Å². The molecule has 4 saturated carbocycles. The summed E-state index contributed by atoms with van der Waals surface area (Å²) in [5.74, 6) is 3.71. The Morgan fingerprint density at radius 1 is 1.04 bits per heavy atom. The van der Waals surface area contributed by atoms with Gasteiger partial charge in [-0.3, -0.25) is 4.79 Å². The fourth-order valence-electron chi connectivity index (χ4n) is 7.95. The summed E-state index contributed by atoms with van der Waals surface area (Å²) < 4.78 is 0. The molecule has 142 valence electrons. The molecule has 0 aromatic heterocycles. The summed E-state index contributed by atoms with van der Waals surface area (Å²) >= 11 is 0. The fraction of sp³-hybridized carbons (Fsp3) is 0.955. The molecule has 4 aliphatic rings. The van der Waals surface area contributed by atoms with Crippen LogP contribution in [0.2, 0.25) is 0 Å². The van der Waals surface area contributed by atoms with Gasteiger partial charge in [0, 0.05) is 6.42 Å². The van der Waals surface area contributed by atoms with Crippen LogP contribution >= 0.6 is 0 Å². The van der Waals surface area contributed by atoms with Crippen molar-refractivity contribution < 1.29 is 15.0 Å². The third kappa shape index (κ3) is 3.05. The number of hydrogen-bond acceptors (Lipinski definition) is 2. The van der Waals surface area contributed by atoms with Crippen LogP contribution in [-0.4, -0.2) is 22.3 Å². The first-order chi connectivity index (χ1) is 12.0. The second-order valence-electron chi connectivity index (χ2n) is 9.95. The van der Waals surface area contributed by atoms with Gasteiger partial charge in [-0.2, -0.15) is 0 Å². The van der Waals surface area contributed by atoms with Gasteiger partial charge in [0.2, 0.25) is 0 Å². The van der Waals surface area contributed by atoms with Gasteiger partial charge in [-0.1, -0.05) is 19.8 Å². The van der Waals surface area contributed by atoms with E-state index in [1.54, 1.807) is 0 Å². The third-order valence-electron chi connectivity index (χ3n) is 9.06. The molecular formula is C22H36O3. The second kappa shape index (κ2) is 6.87. The first-order valence-electron chi connectivity index (χ1n) is 10.9. The highest BCUT2D eigenvalue weighted by Gasteiger charge is 2.56. The molecule has 8 atom stereocenters. The molecule has 0 saturated heterocycles. The van der Waals surface area contributed by atoms with Crippen LogP contribution in [0, 0.1) is 40.9 Å². The number of rotatable bonds is 4. The summed E-state index contributed by atoms with van der Waals surface area (Å²) in [6.07, 6.45) is 13.9. The maximum atomic E-state index is 10.8. The Labute approximate surface area is 152 Å². The lowest BCUT2D eigenvalue weighted by molar-refractivity contribution is -0.137. The Morgan fingerprint density at radius 3 is 2.64 bits per heavy atom. The van der Waals surface area contributed by atoms with Crippen molar-refractivity contribution in [2.45, 2.75) is 90.1 Å². The van der Waals surface area contributed by atoms with Gasteiger partial charge < -0.3 is 10.2 Å². The largest absolute Gasteiger partial charge is 0.481 e. The van der Waals surface area contributed by atoms with Crippen LogP contribution in [0.25, 0.3) is 0 Å². The maximum absolute atomic E-state index is 10.8. The van der Waals surface area contributed by atoms with Crippen LogP contribution in [0.3, 0.4) is 0 Å². The standard InChI is InChI=1S/C22H36O3/c1-22-12-3-2-5-14(22)8-9-16-18-13-20(23)17(6-4-7-21(24)25)15(18)10-11-19(16)22/h14-20,23H,2-13H2,1H3,(H,24,25). The lowest BCUT2D eigenvalue weighted by Crippen LogP contribution is -2.50. The topological polar surface area (TPSA) is 57.5 Å². The van der Waals surface area contributed by atoms with E-state index >= 15 is 0 Å². The van der Waals surface area contributed by atoms with E-state index in [4.69, 9.17) is 5.11 Å². The van der Waals surface area contributed by atoms with Gasteiger partial charge in [0.05, 0.1) is 6.10 Å². The third-order valence-corrected chi connectivity index (χ3v) is 9.06. The maximum Gasteiger partial charge on any atom is 0.303 e. The number of fused-ring (bicyclic) bond motifs is 5. The second-order valence-corrected chi connectivity index (χ2v) is 9.95. The Hall–Kier alpha value is -0.570. The normalized spacial score (nSPS) is 49.1. The van der Waals surface area contributed by atoms with Crippen LogP contribution in [0.4, 0.5) is 0 Å². The molecule has 3 nitrogen and oxygen atoms in total. The molecule has 0 spiro atoms. The highest BCUT2D eigenvalue weighted by Crippen LogP contribution is 2.64. The minimum atomic E-state index is -0.698. The molecule has 8 unspecified atom stereocenters. The smallest absolute Gasteiger partial charge is 0.303 e. The number of hydrogen-bond donors (Lipinski definition) is 2. The number of aliphatic hydroxyl groups is 1. The van der Waals surface area contributed by atoms with Gasteiger partial charge in [0.1, 0.15) is 0 Å². The Kier molecular flexibility index (Phi) is 4.90. The Morgan fingerprint density at radius 2 is 1.84 bits per heavy atom. The Bertz CT molecular complexity index is 504. The van der Waals surface area contributed by atoms with E-state index in [0.717, 1.165) is 37.0 Å². The minimum Gasteiger partial charge on any atom is -0.481 e. The molecule has 25 heavy (non-hydrogen) atoms. The SMILES string of the molecule is CC12CCCCC1CCC1C3CC(O)C(CCCC(=O)O)C3CCC12. The average molecular weight is 349 g/mol. The molecule has 4 rings (SSSR count). The summed E-state index contributed by atoms with van der Waals surface area (Å²) in [6.45, 7) is 2.60. The predicted molar refractivity (Wildman–Crippen MR) is 98.1 cm³/mol. The first kappa shape index (κ1) is 17.8. The van der Waals surface area contributed by atoms with E-state index < -0.39 is 5.97 Å². The monoisotopic (exact) mass is 348 g/mol. The molecular weight excluding hydrogens is 312 g/mol. The van der Waals surface area contributed by atoms with Crippen molar-refractivity contribution in [2.75, 3.05) is 0 Å². The van der Waals surface area contributed by atoms with Gasteiger partial charge in [0.25, 0.3) is 0 Å². The van der Waals surface area contributed by atoms with Gasteiger partial charge >= 0.3 is 5.97 Å². The van der Waals surface area contributed by atoms with Gasteiger partial charge in [-0.05, 0) is 98.7 Å². The predicted octanol–water partition coefficient (Wildman–Crippen LogP) is 4.87. The zero-order valence-electron chi connectivity index (χ0n) is 15.8. The molecule has 4 fully saturated rings. The van der Waals surface area contributed by atoms with Crippen LogP contribution in [0.15, 0.2) is 0 Å². The zero-order chi connectivity index (χ0) is 17.6. The van der Waals surface area contributed by atoms with Crippen LogP contribution < -0.4 is 0 Å². The van der Waals surface area contributed by atoms with Gasteiger partial charge in [-0.25, -0.2) is 0 Å². The molecule has 4 aliphatic carbocycles. The summed E-state index contributed by atoms with van der Waals surface area (Å²) in [6, 6.07) is 0. The average Bonchev–Trinajstić information content (AvgIpc) is 2.90. The molecule has 0 aromatic rings. The van der Waals surface area contributed by atoms with E-state index in [0.29, 0.717) is 23.2 Å². The van der Waals surface area contributed by atoms with Crippen LogP contribution in [0.5, 0.6) is 0 Å². The Balaban J connectivity index is 1.47. The molecule has 3 heteroatoms. The molecule has 0 radical (unpaired) electrons. The number of aliphatic hydroxyl groups excluding tert-OH is 1. The van der Waals surface area contributed by atoms with Crippen LogP contribution in [0.1, 0.15) is 84.0 Å². The summed E-state index contributed by atoms with van der Waals surface area (Å²) in [5, 5.41) is 19.6. The lowest BCUT2D eigenvalue weighted by atomic mass is 9.47. The molecule has 0 bridgehead atoms. The lowest BCUT2D eigenvalue weighted by Gasteiger charge is -2.58. The molecule has 0 aromatic carbocycles. The molecule has 0 amide bonds. The van der Waals surface area contributed by atoms with Crippen molar-refractivity contribution >= 4 is 5.97 Å². The fourth-order valence-corrected chi connectivity index (χ4v) is 7.95. The summed E-state index contributed by atoms with van der Waals surface area (Å²) in [4.78, 5) is 10.8. The van der Waals surface area contributed by atoms with E-state index in [1.807, 2.05) is 0 Å². The quantitative estimate of drug-likeness (QED) is 0.762. The minimum absolute atomic E-state index is 0.181. The summed E-state index contributed by atoms with van der Waals surface area (Å²) in [7, 11) is 0. The first-order valence-corrected chi connectivity index (χ1v) is 10.9. The number of carbonyl (C=O) groups is 1.